The van der Waals surface area contributed by atoms with Crippen LogP contribution in [-0.2, 0) is 30.3 Å². The van der Waals surface area contributed by atoms with Crippen molar-refractivity contribution in [3.05, 3.63) is 35.6 Å². The van der Waals surface area contributed by atoms with Crippen LogP contribution in [0.5, 0.6) is 0 Å². The molecule has 2 heterocycles. The molecule has 2 aliphatic heterocycles. The average Bonchev–Trinajstić information content (AvgIpc) is 2.68. The molecular weight excluding hydrogens is 379 g/mol. The molecule has 0 aromatic heterocycles. The second-order valence-corrected chi connectivity index (χ2v) is 7.49. The third-order valence-electron chi connectivity index (χ3n) is 5.50. The number of hydrogen-bond acceptors (Lipinski definition) is 5. The summed E-state index contributed by atoms with van der Waals surface area (Å²) >= 11 is 0. The number of morpholine rings is 1. The largest absolute Gasteiger partial charge is 0.469 e. The zero-order chi connectivity index (χ0) is 21.0. The lowest BCUT2D eigenvalue weighted by atomic mass is 9.97. The molecule has 29 heavy (non-hydrogen) atoms. The van der Waals surface area contributed by atoms with E-state index in [-0.39, 0.29) is 29.5 Å². The van der Waals surface area contributed by atoms with Crippen molar-refractivity contribution >= 4 is 17.8 Å². The van der Waals surface area contributed by atoms with Crippen molar-refractivity contribution in [2.24, 2.45) is 5.92 Å². The Balaban J connectivity index is 1.66. The fraction of sp³-hybridized carbons (Fsp3) is 0.571. The minimum Gasteiger partial charge on any atom is -0.469 e. The maximum Gasteiger partial charge on any atom is 0.312 e. The molecule has 0 bridgehead atoms. The van der Waals surface area contributed by atoms with Crippen LogP contribution in [-0.4, -0.2) is 73.1 Å². The SMILES string of the molecule is CCCC(C(=O)N1CC(C(=O)OC)C1)N1CCOC(Cc2ccc(F)cc2)C1=O. The normalized spacial score (nSPS) is 20.9. The smallest absolute Gasteiger partial charge is 0.312 e. The van der Waals surface area contributed by atoms with Crippen molar-refractivity contribution in [3.63, 3.8) is 0 Å². The first-order valence-electron chi connectivity index (χ1n) is 9.97. The molecule has 2 saturated heterocycles. The lowest BCUT2D eigenvalue weighted by Gasteiger charge is -2.43. The highest BCUT2D eigenvalue weighted by molar-refractivity contribution is 5.91. The Morgan fingerprint density at radius 2 is 1.97 bits per heavy atom. The first-order valence-corrected chi connectivity index (χ1v) is 9.97. The first-order chi connectivity index (χ1) is 13.9. The van der Waals surface area contributed by atoms with Crippen molar-refractivity contribution < 1.29 is 28.2 Å². The minimum atomic E-state index is -0.694. The van der Waals surface area contributed by atoms with Gasteiger partial charge in [0.25, 0.3) is 5.91 Å². The topological polar surface area (TPSA) is 76.2 Å². The molecule has 0 radical (unpaired) electrons. The zero-order valence-corrected chi connectivity index (χ0v) is 16.8. The molecule has 0 spiro atoms. The number of ether oxygens (including phenoxy) is 2. The van der Waals surface area contributed by atoms with Gasteiger partial charge in [0.2, 0.25) is 5.91 Å². The summed E-state index contributed by atoms with van der Waals surface area (Å²) in [6.45, 7) is 3.31. The van der Waals surface area contributed by atoms with Gasteiger partial charge >= 0.3 is 5.97 Å². The number of halogens is 1. The third-order valence-corrected chi connectivity index (χ3v) is 5.50. The average molecular weight is 406 g/mol. The molecule has 0 aliphatic carbocycles. The number of nitrogens with zero attached hydrogens (tertiary/aromatic N) is 2. The number of benzene rings is 1. The lowest BCUT2D eigenvalue weighted by molar-refractivity contribution is -0.167. The van der Waals surface area contributed by atoms with Gasteiger partial charge in [-0.25, -0.2) is 4.39 Å². The van der Waals surface area contributed by atoms with E-state index in [0.29, 0.717) is 39.1 Å². The van der Waals surface area contributed by atoms with E-state index >= 15 is 0 Å². The molecule has 0 N–H and O–H groups in total. The van der Waals surface area contributed by atoms with Crippen molar-refractivity contribution in [2.75, 3.05) is 33.4 Å². The molecule has 2 fully saturated rings. The summed E-state index contributed by atoms with van der Waals surface area (Å²) in [4.78, 5) is 40.9. The molecule has 0 saturated carbocycles. The van der Waals surface area contributed by atoms with Gasteiger partial charge in [-0.2, -0.15) is 0 Å². The molecular formula is C21H27FN2O5. The van der Waals surface area contributed by atoms with Crippen LogP contribution in [0.15, 0.2) is 24.3 Å². The maximum atomic E-state index is 13.1. The monoisotopic (exact) mass is 406 g/mol. The summed E-state index contributed by atoms with van der Waals surface area (Å²) < 4.78 is 23.5. The Bertz CT molecular complexity index is 748. The summed E-state index contributed by atoms with van der Waals surface area (Å²) in [5, 5.41) is 0. The van der Waals surface area contributed by atoms with Gasteiger partial charge in [-0.15, -0.1) is 0 Å². The molecule has 7 nitrogen and oxygen atoms in total. The van der Waals surface area contributed by atoms with Crippen molar-refractivity contribution in [3.8, 4) is 0 Å². The number of rotatable bonds is 7. The van der Waals surface area contributed by atoms with E-state index in [1.54, 1.807) is 21.9 Å². The van der Waals surface area contributed by atoms with Crippen LogP contribution in [0.2, 0.25) is 0 Å². The number of likely N-dealkylation sites (tertiary alicyclic amines) is 1. The van der Waals surface area contributed by atoms with Gasteiger partial charge in [0, 0.05) is 26.1 Å². The summed E-state index contributed by atoms with van der Waals surface area (Å²) in [5.74, 6) is -1.30. The fourth-order valence-corrected chi connectivity index (χ4v) is 3.82. The van der Waals surface area contributed by atoms with E-state index in [1.807, 2.05) is 6.92 Å². The van der Waals surface area contributed by atoms with Crippen molar-refractivity contribution in [2.45, 2.75) is 38.3 Å². The standard InChI is InChI=1S/C21H27FN2O5/c1-3-4-17(19(25)23-12-15(13-23)21(27)28-2)24-9-10-29-18(20(24)26)11-14-5-7-16(22)8-6-14/h5-8,15,17-18H,3-4,9-13H2,1-2H3. The number of carbonyl (C=O) groups excluding carboxylic acids is 3. The van der Waals surface area contributed by atoms with Crippen LogP contribution < -0.4 is 0 Å². The van der Waals surface area contributed by atoms with Gasteiger partial charge in [-0.05, 0) is 24.1 Å². The van der Waals surface area contributed by atoms with Crippen molar-refractivity contribution in [1.29, 1.82) is 0 Å². The van der Waals surface area contributed by atoms with E-state index in [9.17, 15) is 18.8 Å². The molecule has 8 heteroatoms. The Labute approximate surface area is 169 Å². The Kier molecular flexibility index (Phi) is 6.84. The van der Waals surface area contributed by atoms with Crippen LogP contribution >= 0.6 is 0 Å². The molecule has 1 aromatic rings. The Morgan fingerprint density at radius 3 is 2.59 bits per heavy atom. The van der Waals surface area contributed by atoms with Gasteiger partial charge < -0.3 is 19.3 Å². The minimum absolute atomic E-state index is 0.136. The molecule has 158 valence electrons. The quantitative estimate of drug-likeness (QED) is 0.640. The summed E-state index contributed by atoms with van der Waals surface area (Å²) in [6.07, 6.45) is 0.933. The highest BCUT2D eigenvalue weighted by Crippen LogP contribution is 2.24. The van der Waals surface area contributed by atoms with E-state index in [2.05, 4.69) is 0 Å². The number of amides is 2. The maximum absolute atomic E-state index is 13.1. The Hall–Kier alpha value is -2.48. The van der Waals surface area contributed by atoms with Crippen LogP contribution in [0.3, 0.4) is 0 Å². The highest BCUT2D eigenvalue weighted by Gasteiger charge is 2.43. The molecule has 1 aromatic carbocycles. The van der Waals surface area contributed by atoms with Gasteiger partial charge in [0.15, 0.2) is 0 Å². The van der Waals surface area contributed by atoms with E-state index in [0.717, 1.165) is 12.0 Å². The lowest BCUT2D eigenvalue weighted by Crippen LogP contribution is -2.62. The molecule has 2 unspecified atom stereocenters. The highest BCUT2D eigenvalue weighted by atomic mass is 19.1. The number of esters is 1. The number of hydrogen-bond donors (Lipinski definition) is 0. The third kappa shape index (κ3) is 4.75. The second-order valence-electron chi connectivity index (χ2n) is 7.49. The van der Waals surface area contributed by atoms with E-state index in [1.165, 1.54) is 19.2 Å². The van der Waals surface area contributed by atoms with E-state index < -0.39 is 12.1 Å². The van der Waals surface area contributed by atoms with Gasteiger partial charge in [0.05, 0.1) is 19.6 Å². The van der Waals surface area contributed by atoms with Crippen LogP contribution in [0.4, 0.5) is 4.39 Å². The number of carbonyl (C=O) groups is 3. The summed E-state index contributed by atoms with van der Waals surface area (Å²) in [5.41, 5.74) is 0.800. The molecule has 3 rings (SSSR count). The van der Waals surface area contributed by atoms with E-state index in [4.69, 9.17) is 9.47 Å². The Morgan fingerprint density at radius 1 is 1.28 bits per heavy atom. The molecule has 2 atom stereocenters. The summed E-state index contributed by atoms with van der Waals surface area (Å²) in [7, 11) is 1.33. The fourth-order valence-electron chi connectivity index (χ4n) is 3.82. The second kappa shape index (κ2) is 9.35. The number of methoxy groups -OCH3 is 1. The van der Waals surface area contributed by atoms with Crippen LogP contribution in [0, 0.1) is 11.7 Å². The van der Waals surface area contributed by atoms with Crippen molar-refractivity contribution in [1.82, 2.24) is 9.80 Å². The molecule has 2 amide bonds. The van der Waals surface area contributed by atoms with Gasteiger partial charge in [0.1, 0.15) is 18.0 Å². The predicted molar refractivity (Wildman–Crippen MR) is 102 cm³/mol. The summed E-state index contributed by atoms with van der Waals surface area (Å²) in [6, 6.07) is 5.40. The first kappa shape index (κ1) is 21.2. The van der Waals surface area contributed by atoms with Crippen LogP contribution in [0.1, 0.15) is 25.3 Å². The van der Waals surface area contributed by atoms with Gasteiger partial charge in [-0.3, -0.25) is 14.4 Å². The predicted octanol–water partition coefficient (Wildman–Crippen LogP) is 1.40. The van der Waals surface area contributed by atoms with Gasteiger partial charge in [-0.1, -0.05) is 25.5 Å². The van der Waals surface area contributed by atoms with Crippen LogP contribution in [0.25, 0.3) is 0 Å². The zero-order valence-electron chi connectivity index (χ0n) is 16.8. The molecule has 2 aliphatic rings.